The minimum absolute atomic E-state index is 0.127. The summed E-state index contributed by atoms with van der Waals surface area (Å²) >= 11 is 0. The van der Waals surface area contributed by atoms with Gasteiger partial charge in [-0.05, 0) is 30.7 Å². The summed E-state index contributed by atoms with van der Waals surface area (Å²) in [5.41, 5.74) is 0.788. The van der Waals surface area contributed by atoms with Gasteiger partial charge in [-0.2, -0.15) is 4.98 Å². The molecule has 3 N–H and O–H groups in total. The highest BCUT2D eigenvalue weighted by Crippen LogP contribution is 2.22. The predicted octanol–water partition coefficient (Wildman–Crippen LogP) is 1.67. The molecular formula is C19H24N8O. The van der Waals surface area contributed by atoms with Crippen molar-refractivity contribution in [2.45, 2.75) is 6.42 Å². The number of likely N-dealkylation sites (N-methyl/N-ethyl adjacent to an activating group) is 1. The summed E-state index contributed by atoms with van der Waals surface area (Å²) in [6, 6.07) is 9.57. The van der Waals surface area contributed by atoms with E-state index in [1.165, 1.54) is 6.33 Å². The lowest BCUT2D eigenvalue weighted by Crippen LogP contribution is -2.26. The highest BCUT2D eigenvalue weighted by atomic mass is 16.3. The number of nitrogens with one attached hydrogen (secondary N) is 2. The second-order valence-electron chi connectivity index (χ2n) is 6.07. The van der Waals surface area contributed by atoms with Crippen molar-refractivity contribution in [3.63, 3.8) is 0 Å². The topological polar surface area (TPSA) is 112 Å². The van der Waals surface area contributed by atoms with Crippen molar-refractivity contribution in [3.8, 4) is 11.4 Å². The Morgan fingerprint density at radius 2 is 1.86 bits per heavy atom. The zero-order valence-electron chi connectivity index (χ0n) is 15.8. The highest BCUT2D eigenvalue weighted by Gasteiger charge is 2.10. The molecule has 3 heterocycles. The van der Waals surface area contributed by atoms with Crippen LogP contribution in [0.2, 0.25) is 0 Å². The number of aliphatic hydroxyl groups is 1. The molecule has 0 spiro atoms. The summed E-state index contributed by atoms with van der Waals surface area (Å²) in [6.07, 6.45) is 5.61. The van der Waals surface area contributed by atoms with Gasteiger partial charge in [-0.15, -0.1) is 0 Å². The van der Waals surface area contributed by atoms with Crippen molar-refractivity contribution in [3.05, 3.63) is 49.1 Å². The van der Waals surface area contributed by atoms with Gasteiger partial charge in [0.1, 0.15) is 18.0 Å². The molecule has 0 saturated heterocycles. The number of rotatable bonds is 10. The first kappa shape index (κ1) is 19.4. The van der Waals surface area contributed by atoms with Crippen LogP contribution in [0.5, 0.6) is 0 Å². The van der Waals surface area contributed by atoms with Crippen LogP contribution in [0.25, 0.3) is 11.4 Å². The molecule has 0 radical (unpaired) electrons. The molecule has 9 nitrogen and oxygen atoms in total. The van der Waals surface area contributed by atoms with Crippen molar-refractivity contribution < 1.29 is 5.11 Å². The normalized spacial score (nSPS) is 10.5. The number of hydrogen-bond donors (Lipinski definition) is 3. The molecule has 0 unspecified atom stereocenters. The molecule has 3 aromatic heterocycles. The van der Waals surface area contributed by atoms with Crippen LogP contribution in [0.3, 0.4) is 0 Å². The number of aromatic nitrogens is 5. The van der Waals surface area contributed by atoms with Gasteiger partial charge in [0, 0.05) is 45.7 Å². The van der Waals surface area contributed by atoms with E-state index in [1.54, 1.807) is 12.4 Å². The second-order valence-corrected chi connectivity index (χ2v) is 6.07. The lowest BCUT2D eigenvalue weighted by Gasteiger charge is -2.18. The first-order valence-electron chi connectivity index (χ1n) is 9.13. The fourth-order valence-corrected chi connectivity index (χ4v) is 2.55. The largest absolute Gasteiger partial charge is 0.396 e. The molecule has 0 bridgehead atoms. The number of anilines is 3. The van der Waals surface area contributed by atoms with Gasteiger partial charge in [0.25, 0.3) is 0 Å². The Bertz CT molecular complexity index is 861. The molecule has 3 rings (SSSR count). The van der Waals surface area contributed by atoms with Crippen LogP contribution in [0.4, 0.5) is 17.6 Å². The molecule has 3 aromatic rings. The fourth-order valence-electron chi connectivity index (χ4n) is 2.55. The molecule has 146 valence electrons. The molecule has 28 heavy (non-hydrogen) atoms. The average molecular weight is 380 g/mol. The van der Waals surface area contributed by atoms with Gasteiger partial charge < -0.3 is 20.6 Å². The molecule has 0 fully saturated rings. The predicted molar refractivity (Wildman–Crippen MR) is 109 cm³/mol. The van der Waals surface area contributed by atoms with Crippen LogP contribution in [0.1, 0.15) is 6.42 Å². The van der Waals surface area contributed by atoms with E-state index in [9.17, 15) is 0 Å². The Morgan fingerprint density at radius 1 is 0.964 bits per heavy atom. The first-order valence-corrected chi connectivity index (χ1v) is 9.13. The smallest absolute Gasteiger partial charge is 0.226 e. The van der Waals surface area contributed by atoms with Gasteiger partial charge in [0.2, 0.25) is 5.95 Å². The zero-order chi connectivity index (χ0) is 19.6. The summed E-state index contributed by atoms with van der Waals surface area (Å²) in [5, 5.41) is 15.4. The van der Waals surface area contributed by atoms with Gasteiger partial charge in [-0.3, -0.25) is 0 Å². The Kier molecular flexibility index (Phi) is 7.02. The van der Waals surface area contributed by atoms with Crippen LogP contribution < -0.4 is 15.5 Å². The molecule has 0 aliphatic carbocycles. The summed E-state index contributed by atoms with van der Waals surface area (Å²) < 4.78 is 0. The van der Waals surface area contributed by atoms with E-state index in [2.05, 4.69) is 40.5 Å². The van der Waals surface area contributed by atoms with Crippen LogP contribution in [0.15, 0.2) is 49.1 Å². The van der Waals surface area contributed by atoms with E-state index < -0.39 is 0 Å². The third-order valence-electron chi connectivity index (χ3n) is 4.02. The minimum atomic E-state index is 0.127. The third-order valence-corrected chi connectivity index (χ3v) is 4.02. The van der Waals surface area contributed by atoms with Crippen LogP contribution in [-0.4, -0.2) is 63.3 Å². The first-order chi connectivity index (χ1) is 13.8. The van der Waals surface area contributed by atoms with Gasteiger partial charge in [-0.25, -0.2) is 19.9 Å². The van der Waals surface area contributed by atoms with E-state index in [-0.39, 0.29) is 6.61 Å². The van der Waals surface area contributed by atoms with Crippen LogP contribution in [0, 0.1) is 0 Å². The van der Waals surface area contributed by atoms with Crippen molar-refractivity contribution >= 4 is 17.6 Å². The van der Waals surface area contributed by atoms with Crippen molar-refractivity contribution in [2.24, 2.45) is 0 Å². The van der Waals surface area contributed by atoms with Crippen molar-refractivity contribution in [1.82, 2.24) is 24.9 Å². The van der Waals surface area contributed by atoms with Gasteiger partial charge in [0.05, 0.1) is 5.56 Å². The molecule has 0 aliphatic rings. The van der Waals surface area contributed by atoms with E-state index in [0.29, 0.717) is 37.1 Å². The minimum Gasteiger partial charge on any atom is -0.396 e. The summed E-state index contributed by atoms with van der Waals surface area (Å²) in [5.74, 6) is 2.64. The molecule has 0 saturated carbocycles. The lowest BCUT2D eigenvalue weighted by molar-refractivity contribution is 0.292. The third kappa shape index (κ3) is 5.34. The van der Waals surface area contributed by atoms with E-state index in [0.717, 1.165) is 17.9 Å². The number of aliphatic hydroxyl groups excluding tert-OH is 1. The second kappa shape index (κ2) is 10.1. The summed E-state index contributed by atoms with van der Waals surface area (Å²) in [6.45, 7) is 2.16. The van der Waals surface area contributed by atoms with Crippen molar-refractivity contribution in [2.75, 3.05) is 48.8 Å². The molecule has 0 aromatic carbocycles. The Balaban J connectivity index is 1.63. The molecule has 0 amide bonds. The maximum absolute atomic E-state index is 8.95. The SMILES string of the molecule is CN(CCNc1ncnc(-c2cccnc2NCCCO)n1)c1ccccn1. The van der Waals surface area contributed by atoms with Crippen LogP contribution in [-0.2, 0) is 0 Å². The van der Waals surface area contributed by atoms with E-state index in [4.69, 9.17) is 5.11 Å². The maximum Gasteiger partial charge on any atom is 0.226 e. The monoisotopic (exact) mass is 380 g/mol. The average Bonchev–Trinajstić information content (AvgIpc) is 2.75. The fraction of sp³-hybridized carbons (Fsp3) is 0.316. The van der Waals surface area contributed by atoms with E-state index in [1.807, 2.05) is 37.4 Å². The number of nitrogens with zero attached hydrogens (tertiary/aromatic N) is 6. The molecule has 0 atom stereocenters. The number of pyridine rings is 2. The van der Waals surface area contributed by atoms with E-state index >= 15 is 0 Å². The van der Waals surface area contributed by atoms with Gasteiger partial charge in [0.15, 0.2) is 5.82 Å². The number of hydrogen-bond acceptors (Lipinski definition) is 9. The highest BCUT2D eigenvalue weighted by molar-refractivity contribution is 5.70. The standard InChI is InChI=1S/C19H24N8O/c1-27(16-7-2-3-8-20-16)12-11-23-19-25-14-24-18(26-19)15-6-4-9-21-17(15)22-10-5-13-28/h2-4,6-9,14,28H,5,10-13H2,1H3,(H,21,22)(H,23,24,25,26). The molecule has 0 aliphatic heterocycles. The van der Waals surface area contributed by atoms with Gasteiger partial charge >= 0.3 is 0 Å². The lowest BCUT2D eigenvalue weighted by atomic mass is 10.2. The summed E-state index contributed by atoms with van der Waals surface area (Å²) in [4.78, 5) is 23.7. The zero-order valence-corrected chi connectivity index (χ0v) is 15.8. The van der Waals surface area contributed by atoms with Crippen LogP contribution >= 0.6 is 0 Å². The maximum atomic E-state index is 8.95. The summed E-state index contributed by atoms with van der Waals surface area (Å²) in [7, 11) is 1.99. The van der Waals surface area contributed by atoms with Crippen molar-refractivity contribution in [1.29, 1.82) is 0 Å². The molecule has 9 heteroatoms. The van der Waals surface area contributed by atoms with Gasteiger partial charge in [-0.1, -0.05) is 6.07 Å². The Labute approximate surface area is 163 Å². The Hall–Kier alpha value is -3.33. The molecular weight excluding hydrogens is 356 g/mol. The Morgan fingerprint density at radius 3 is 2.68 bits per heavy atom. The quantitative estimate of drug-likeness (QED) is 0.452.